The zero-order valence-electron chi connectivity index (χ0n) is 22.5. The molecule has 4 aromatic rings. The zero-order valence-corrected chi connectivity index (χ0v) is 23.3. The van der Waals surface area contributed by atoms with Crippen molar-refractivity contribution in [1.29, 1.82) is 0 Å². The van der Waals surface area contributed by atoms with Gasteiger partial charge in [0.15, 0.2) is 5.82 Å². The Hall–Kier alpha value is -3.84. The molecule has 210 valence electrons. The summed E-state index contributed by atoms with van der Waals surface area (Å²) in [6.07, 6.45) is 13.1. The quantitative estimate of drug-likeness (QED) is 0.275. The van der Waals surface area contributed by atoms with Gasteiger partial charge in [-0.2, -0.15) is 14.3 Å². The van der Waals surface area contributed by atoms with E-state index in [0.717, 1.165) is 53.3 Å². The van der Waals surface area contributed by atoms with E-state index in [0.29, 0.717) is 41.8 Å². The summed E-state index contributed by atoms with van der Waals surface area (Å²) in [5.41, 5.74) is 2.55. The molecule has 6 rings (SSSR count). The van der Waals surface area contributed by atoms with Crippen molar-refractivity contribution in [3.05, 3.63) is 49.2 Å². The van der Waals surface area contributed by atoms with E-state index < -0.39 is 15.6 Å². The molecule has 13 heteroatoms. The molecule has 0 amide bonds. The molecule has 2 fully saturated rings. The van der Waals surface area contributed by atoms with Crippen LogP contribution in [-0.2, 0) is 17.1 Å². The highest BCUT2D eigenvalue weighted by atomic mass is 32.2. The van der Waals surface area contributed by atoms with Gasteiger partial charge in [0.25, 0.3) is 10.0 Å². The fourth-order valence-corrected chi connectivity index (χ4v) is 6.44. The van der Waals surface area contributed by atoms with Gasteiger partial charge in [-0.25, -0.2) is 23.4 Å². The van der Waals surface area contributed by atoms with Gasteiger partial charge in [-0.1, -0.05) is 0 Å². The van der Waals surface area contributed by atoms with Gasteiger partial charge in [0, 0.05) is 49.5 Å². The number of anilines is 3. The standard InChI is InChI=1S/C27H33N9O3S/c1-27(37)9-5-18(6-10-27)14-29-23-13-25(30-16-21(23)22-8-12-35(2)34-22)32-24-7-11-28-26(33-24)19-15-31-36(17-19)40(38,39)20-3-4-20/h7-8,11-13,15-18,20,37H,3-6,9-10,14H2,1-2H3,(H2,28,29,30,32,33). The Kier molecular flexibility index (Phi) is 6.78. The molecule has 2 aliphatic carbocycles. The second-order valence-corrected chi connectivity index (χ2v) is 13.1. The van der Waals surface area contributed by atoms with E-state index >= 15 is 0 Å². The van der Waals surface area contributed by atoms with Crippen molar-refractivity contribution < 1.29 is 13.5 Å². The molecule has 4 heterocycles. The van der Waals surface area contributed by atoms with Crippen LogP contribution in [-0.4, -0.2) is 64.8 Å². The average molecular weight is 564 g/mol. The van der Waals surface area contributed by atoms with Crippen LogP contribution in [0.5, 0.6) is 0 Å². The fraction of sp³-hybridized carbons (Fsp3) is 0.444. The van der Waals surface area contributed by atoms with Gasteiger partial charge in [-0.05, 0) is 63.5 Å². The Morgan fingerprint density at radius 2 is 1.90 bits per heavy atom. The van der Waals surface area contributed by atoms with E-state index in [1.165, 1.54) is 12.4 Å². The van der Waals surface area contributed by atoms with E-state index in [9.17, 15) is 13.5 Å². The first-order chi connectivity index (χ1) is 19.2. The maximum absolute atomic E-state index is 12.5. The van der Waals surface area contributed by atoms with Gasteiger partial charge in [-0.3, -0.25) is 4.68 Å². The number of pyridine rings is 1. The summed E-state index contributed by atoms with van der Waals surface area (Å²) < 4.78 is 27.8. The first-order valence-corrected chi connectivity index (χ1v) is 15.0. The third-order valence-corrected chi connectivity index (χ3v) is 9.63. The molecule has 0 spiro atoms. The van der Waals surface area contributed by atoms with E-state index in [4.69, 9.17) is 0 Å². The van der Waals surface area contributed by atoms with Crippen LogP contribution >= 0.6 is 0 Å². The lowest BCUT2D eigenvalue weighted by atomic mass is 9.80. The van der Waals surface area contributed by atoms with Crippen LogP contribution in [0.2, 0.25) is 0 Å². The Morgan fingerprint density at radius 1 is 1.10 bits per heavy atom. The number of aromatic nitrogens is 7. The Bertz CT molecular complexity index is 1620. The monoisotopic (exact) mass is 563 g/mol. The highest BCUT2D eigenvalue weighted by molar-refractivity contribution is 7.90. The van der Waals surface area contributed by atoms with E-state index in [2.05, 4.69) is 35.8 Å². The lowest BCUT2D eigenvalue weighted by molar-refractivity contribution is 0.00977. The van der Waals surface area contributed by atoms with Crippen molar-refractivity contribution in [1.82, 2.24) is 33.9 Å². The first kappa shape index (κ1) is 26.4. The number of aryl methyl sites for hydroxylation is 1. The van der Waals surface area contributed by atoms with E-state index in [1.807, 2.05) is 32.3 Å². The molecule has 12 nitrogen and oxygen atoms in total. The molecule has 2 aliphatic rings. The molecule has 0 bridgehead atoms. The summed E-state index contributed by atoms with van der Waals surface area (Å²) in [6.45, 7) is 2.70. The highest BCUT2D eigenvalue weighted by Gasteiger charge is 2.37. The predicted molar refractivity (Wildman–Crippen MR) is 151 cm³/mol. The van der Waals surface area contributed by atoms with Gasteiger partial charge < -0.3 is 15.7 Å². The van der Waals surface area contributed by atoms with Gasteiger partial charge >= 0.3 is 0 Å². The Labute approximate surface area is 232 Å². The number of nitrogens with zero attached hydrogens (tertiary/aromatic N) is 7. The number of nitrogens with one attached hydrogen (secondary N) is 2. The fourth-order valence-electron chi connectivity index (χ4n) is 4.97. The smallest absolute Gasteiger partial charge is 0.256 e. The lowest BCUT2D eigenvalue weighted by Gasteiger charge is -2.33. The summed E-state index contributed by atoms with van der Waals surface area (Å²) in [6, 6.07) is 5.61. The maximum atomic E-state index is 12.5. The molecule has 0 aromatic carbocycles. The van der Waals surface area contributed by atoms with Crippen LogP contribution in [0.3, 0.4) is 0 Å². The normalized spacial score (nSPS) is 21.3. The summed E-state index contributed by atoms with van der Waals surface area (Å²) in [4.78, 5) is 13.5. The minimum Gasteiger partial charge on any atom is -0.390 e. The number of aliphatic hydroxyl groups is 1. The van der Waals surface area contributed by atoms with Crippen LogP contribution in [0.25, 0.3) is 22.6 Å². The number of hydrogen-bond donors (Lipinski definition) is 3. The van der Waals surface area contributed by atoms with E-state index in [1.54, 1.807) is 23.1 Å². The zero-order chi connectivity index (χ0) is 27.9. The molecule has 3 N–H and O–H groups in total. The molecule has 4 aromatic heterocycles. The summed E-state index contributed by atoms with van der Waals surface area (Å²) in [7, 11) is -1.58. The highest BCUT2D eigenvalue weighted by Crippen LogP contribution is 2.34. The van der Waals surface area contributed by atoms with Crippen LogP contribution in [0.1, 0.15) is 45.4 Å². The predicted octanol–water partition coefficient (Wildman–Crippen LogP) is 3.57. The summed E-state index contributed by atoms with van der Waals surface area (Å²) in [5, 5.41) is 25.4. The third-order valence-electron chi connectivity index (χ3n) is 7.59. The minimum absolute atomic E-state index is 0.356. The Balaban J connectivity index is 1.22. The summed E-state index contributed by atoms with van der Waals surface area (Å²) >= 11 is 0. The number of rotatable bonds is 9. The first-order valence-electron chi connectivity index (χ1n) is 13.5. The van der Waals surface area contributed by atoms with Crippen molar-refractivity contribution in [3.8, 4) is 22.6 Å². The molecular weight excluding hydrogens is 530 g/mol. The van der Waals surface area contributed by atoms with Gasteiger partial charge in [0.1, 0.15) is 11.6 Å². The largest absolute Gasteiger partial charge is 0.390 e. The third kappa shape index (κ3) is 5.70. The van der Waals surface area contributed by atoms with Crippen LogP contribution in [0, 0.1) is 5.92 Å². The lowest BCUT2D eigenvalue weighted by Crippen LogP contribution is -2.32. The van der Waals surface area contributed by atoms with Gasteiger partial charge in [0.2, 0.25) is 0 Å². The maximum Gasteiger partial charge on any atom is 0.256 e. The summed E-state index contributed by atoms with van der Waals surface area (Å²) in [5.74, 6) is 1.93. The second kappa shape index (κ2) is 10.3. The molecule has 2 saturated carbocycles. The van der Waals surface area contributed by atoms with Crippen molar-refractivity contribution >= 4 is 27.3 Å². The van der Waals surface area contributed by atoms with Crippen LogP contribution < -0.4 is 10.6 Å². The Morgan fingerprint density at radius 3 is 2.62 bits per heavy atom. The molecular formula is C27H33N9O3S. The molecule has 40 heavy (non-hydrogen) atoms. The molecule has 0 atom stereocenters. The second-order valence-electron chi connectivity index (χ2n) is 11.0. The molecule has 0 unspecified atom stereocenters. The topological polar surface area (TPSA) is 153 Å². The van der Waals surface area contributed by atoms with Crippen LogP contribution in [0.4, 0.5) is 17.3 Å². The molecule has 0 saturated heterocycles. The minimum atomic E-state index is -3.46. The van der Waals surface area contributed by atoms with Crippen molar-refractivity contribution in [3.63, 3.8) is 0 Å². The van der Waals surface area contributed by atoms with Crippen molar-refractivity contribution in [2.24, 2.45) is 13.0 Å². The van der Waals surface area contributed by atoms with Gasteiger partial charge in [-0.15, -0.1) is 0 Å². The number of hydrogen-bond acceptors (Lipinski definition) is 10. The average Bonchev–Trinajstić information content (AvgIpc) is 3.52. The van der Waals surface area contributed by atoms with E-state index in [-0.39, 0.29) is 5.25 Å². The molecule has 0 radical (unpaired) electrons. The van der Waals surface area contributed by atoms with Gasteiger partial charge in [0.05, 0.1) is 34.5 Å². The van der Waals surface area contributed by atoms with Crippen molar-refractivity contribution in [2.45, 2.75) is 56.3 Å². The SMILES string of the molecule is Cn1ccc(-c2cnc(Nc3ccnc(-c4cnn(S(=O)(=O)C5CC5)c4)n3)cc2NCC2CCC(C)(O)CC2)n1. The van der Waals surface area contributed by atoms with Crippen molar-refractivity contribution in [2.75, 3.05) is 17.2 Å². The molecule has 0 aliphatic heterocycles. The van der Waals surface area contributed by atoms with Crippen LogP contribution in [0.15, 0.2) is 49.2 Å².